The van der Waals surface area contributed by atoms with Gasteiger partial charge in [0.1, 0.15) is 0 Å². The van der Waals surface area contributed by atoms with E-state index in [0.29, 0.717) is 0 Å². The number of rotatable bonds is 1. The maximum absolute atomic E-state index is 3.53. The maximum Gasteiger partial charge on any atom is 0.0145 e. The zero-order chi connectivity index (χ0) is 12.5. The Morgan fingerprint density at radius 3 is 2.78 bits per heavy atom. The van der Waals surface area contributed by atoms with Crippen LogP contribution < -0.4 is 5.32 Å². The summed E-state index contributed by atoms with van der Waals surface area (Å²) in [5.41, 5.74) is 0. The van der Waals surface area contributed by atoms with Gasteiger partial charge in [-0.3, -0.25) is 4.90 Å². The van der Waals surface area contributed by atoms with Crippen LogP contribution in [0.2, 0.25) is 0 Å². The fourth-order valence-electron chi connectivity index (χ4n) is 4.52. The van der Waals surface area contributed by atoms with E-state index in [-0.39, 0.29) is 0 Å². The fraction of sp³-hybridized carbons (Fsp3) is 1.00. The minimum absolute atomic E-state index is 0.830. The second kappa shape index (κ2) is 5.48. The molecule has 3 fully saturated rings. The molecule has 4 atom stereocenters. The van der Waals surface area contributed by atoms with Gasteiger partial charge in [0.25, 0.3) is 0 Å². The molecule has 4 unspecified atom stereocenters. The van der Waals surface area contributed by atoms with E-state index >= 15 is 0 Å². The summed E-state index contributed by atoms with van der Waals surface area (Å²) in [5.74, 6) is 1.77. The minimum atomic E-state index is 0.830. The van der Waals surface area contributed by atoms with E-state index in [1.54, 1.807) is 0 Å². The topological polar surface area (TPSA) is 18.5 Å². The molecule has 3 rings (SSSR count). The lowest BCUT2D eigenvalue weighted by Crippen LogP contribution is -2.57. The van der Waals surface area contributed by atoms with Crippen molar-refractivity contribution >= 4 is 0 Å². The molecule has 104 valence electrons. The molecule has 0 aliphatic carbocycles. The Hall–Kier alpha value is -0.120. The van der Waals surface area contributed by atoms with Crippen LogP contribution in [0.15, 0.2) is 0 Å². The molecule has 3 aliphatic rings. The van der Waals surface area contributed by atoms with Gasteiger partial charge in [-0.15, -0.1) is 0 Å². The summed E-state index contributed by atoms with van der Waals surface area (Å²) in [4.78, 5) is 5.45. The summed E-state index contributed by atoms with van der Waals surface area (Å²) in [6.07, 6.45) is 5.63. The highest BCUT2D eigenvalue weighted by Crippen LogP contribution is 2.32. The highest BCUT2D eigenvalue weighted by Gasteiger charge is 2.37. The average Bonchev–Trinajstić information content (AvgIpc) is 2.39. The van der Waals surface area contributed by atoms with Crippen LogP contribution in [0, 0.1) is 11.8 Å². The number of nitrogens with zero attached hydrogens (tertiary/aromatic N) is 2. The van der Waals surface area contributed by atoms with E-state index in [1.807, 2.05) is 0 Å². The zero-order valence-electron chi connectivity index (χ0n) is 12.1. The third-order valence-corrected chi connectivity index (χ3v) is 5.59. The highest BCUT2D eigenvalue weighted by molar-refractivity contribution is 4.93. The molecule has 3 saturated heterocycles. The molecule has 3 heteroatoms. The van der Waals surface area contributed by atoms with Gasteiger partial charge in [-0.2, -0.15) is 0 Å². The second-order valence-electron chi connectivity index (χ2n) is 6.77. The lowest BCUT2D eigenvalue weighted by molar-refractivity contribution is 0.00246. The van der Waals surface area contributed by atoms with Crippen LogP contribution in [-0.4, -0.2) is 61.7 Å². The molecular formula is C15H29N3. The van der Waals surface area contributed by atoms with Gasteiger partial charge < -0.3 is 10.2 Å². The predicted octanol–water partition coefficient (Wildman–Crippen LogP) is 1.40. The summed E-state index contributed by atoms with van der Waals surface area (Å²) < 4.78 is 0. The first-order valence-corrected chi connectivity index (χ1v) is 7.90. The molecule has 0 aromatic rings. The first kappa shape index (κ1) is 12.9. The molecule has 0 amide bonds. The van der Waals surface area contributed by atoms with Crippen LogP contribution in [-0.2, 0) is 0 Å². The van der Waals surface area contributed by atoms with E-state index in [9.17, 15) is 0 Å². The van der Waals surface area contributed by atoms with Crippen molar-refractivity contribution in [1.29, 1.82) is 0 Å². The number of fused-ring (bicyclic) bond motifs is 1. The third kappa shape index (κ3) is 2.45. The van der Waals surface area contributed by atoms with E-state index < -0.39 is 0 Å². The number of piperidine rings is 3. The Labute approximate surface area is 112 Å². The van der Waals surface area contributed by atoms with Crippen LogP contribution in [0.3, 0.4) is 0 Å². The Bertz CT molecular complexity index is 281. The lowest BCUT2D eigenvalue weighted by Gasteiger charge is -2.49. The number of hydrogen-bond donors (Lipinski definition) is 1. The van der Waals surface area contributed by atoms with E-state index in [1.165, 1.54) is 58.4 Å². The third-order valence-electron chi connectivity index (χ3n) is 5.59. The van der Waals surface area contributed by atoms with Gasteiger partial charge in [0, 0.05) is 18.6 Å². The average molecular weight is 251 g/mol. The standard InChI is InChI=1S/C15H29N3/c1-12-10-16-7-5-14(12)18-9-6-15-13(11-18)4-3-8-17(15)2/h12-16H,3-11H2,1-2H3. The van der Waals surface area contributed by atoms with E-state index in [4.69, 9.17) is 0 Å². The molecule has 3 heterocycles. The van der Waals surface area contributed by atoms with Gasteiger partial charge in [0.15, 0.2) is 0 Å². The summed E-state index contributed by atoms with van der Waals surface area (Å²) >= 11 is 0. The van der Waals surface area contributed by atoms with Crippen molar-refractivity contribution in [3.8, 4) is 0 Å². The Balaban J connectivity index is 1.62. The Morgan fingerprint density at radius 2 is 1.94 bits per heavy atom. The molecule has 0 aromatic carbocycles. The minimum Gasteiger partial charge on any atom is -0.316 e. The van der Waals surface area contributed by atoms with Crippen molar-refractivity contribution in [3.63, 3.8) is 0 Å². The molecule has 0 saturated carbocycles. The monoisotopic (exact) mass is 251 g/mol. The molecule has 1 N–H and O–H groups in total. The van der Waals surface area contributed by atoms with Crippen molar-refractivity contribution < 1.29 is 0 Å². The van der Waals surface area contributed by atoms with Crippen molar-refractivity contribution in [3.05, 3.63) is 0 Å². The zero-order valence-corrected chi connectivity index (χ0v) is 12.1. The van der Waals surface area contributed by atoms with Crippen molar-refractivity contribution in [2.45, 2.75) is 44.7 Å². The van der Waals surface area contributed by atoms with Gasteiger partial charge in [0.05, 0.1) is 0 Å². The van der Waals surface area contributed by atoms with Crippen LogP contribution in [0.4, 0.5) is 0 Å². The van der Waals surface area contributed by atoms with Crippen molar-refractivity contribution in [2.24, 2.45) is 11.8 Å². The van der Waals surface area contributed by atoms with Crippen molar-refractivity contribution in [2.75, 3.05) is 39.8 Å². The number of likely N-dealkylation sites (tertiary alicyclic amines) is 2. The summed E-state index contributed by atoms with van der Waals surface area (Å²) in [6, 6.07) is 1.73. The quantitative estimate of drug-likeness (QED) is 0.760. The summed E-state index contributed by atoms with van der Waals surface area (Å²) in [6.45, 7) is 8.89. The van der Waals surface area contributed by atoms with Crippen LogP contribution >= 0.6 is 0 Å². The first-order chi connectivity index (χ1) is 8.75. The van der Waals surface area contributed by atoms with Crippen molar-refractivity contribution in [1.82, 2.24) is 15.1 Å². The smallest absolute Gasteiger partial charge is 0.0145 e. The second-order valence-corrected chi connectivity index (χ2v) is 6.77. The van der Waals surface area contributed by atoms with Crippen LogP contribution in [0.25, 0.3) is 0 Å². The fourth-order valence-corrected chi connectivity index (χ4v) is 4.52. The number of hydrogen-bond acceptors (Lipinski definition) is 3. The molecule has 18 heavy (non-hydrogen) atoms. The molecule has 0 aromatic heterocycles. The van der Waals surface area contributed by atoms with E-state index in [0.717, 1.165) is 23.9 Å². The van der Waals surface area contributed by atoms with Crippen LogP contribution in [0.1, 0.15) is 32.6 Å². The SMILES string of the molecule is CC1CNCCC1N1CCC2C(CCCN2C)C1. The van der Waals surface area contributed by atoms with Crippen LogP contribution in [0.5, 0.6) is 0 Å². The molecule has 3 nitrogen and oxygen atoms in total. The normalized spacial score (nSPS) is 43.7. The number of nitrogens with one attached hydrogen (secondary N) is 1. The Kier molecular flexibility index (Phi) is 3.92. The van der Waals surface area contributed by atoms with Gasteiger partial charge in [-0.05, 0) is 70.7 Å². The van der Waals surface area contributed by atoms with Gasteiger partial charge in [-0.25, -0.2) is 0 Å². The molecule has 0 bridgehead atoms. The molecule has 0 spiro atoms. The maximum atomic E-state index is 3.53. The van der Waals surface area contributed by atoms with Gasteiger partial charge >= 0.3 is 0 Å². The highest BCUT2D eigenvalue weighted by atomic mass is 15.2. The summed E-state index contributed by atoms with van der Waals surface area (Å²) in [7, 11) is 2.33. The lowest BCUT2D eigenvalue weighted by atomic mass is 9.82. The first-order valence-electron chi connectivity index (χ1n) is 7.90. The largest absolute Gasteiger partial charge is 0.316 e. The van der Waals surface area contributed by atoms with E-state index in [2.05, 4.69) is 29.1 Å². The summed E-state index contributed by atoms with van der Waals surface area (Å²) in [5, 5.41) is 3.53. The molecule has 3 aliphatic heterocycles. The van der Waals surface area contributed by atoms with Gasteiger partial charge in [-0.1, -0.05) is 6.92 Å². The molecule has 0 radical (unpaired) electrons. The molecular weight excluding hydrogens is 222 g/mol. The van der Waals surface area contributed by atoms with Gasteiger partial charge in [0.2, 0.25) is 0 Å². The Morgan fingerprint density at radius 1 is 1.06 bits per heavy atom. The predicted molar refractivity (Wildman–Crippen MR) is 75.8 cm³/mol.